The summed E-state index contributed by atoms with van der Waals surface area (Å²) in [6, 6.07) is 25.1. The lowest BCUT2D eigenvalue weighted by molar-refractivity contribution is 0.0642. The second kappa shape index (κ2) is 19.2. The Labute approximate surface area is 351 Å². The molecule has 4 aromatic heterocycles. The summed E-state index contributed by atoms with van der Waals surface area (Å²) in [5.74, 6) is 0.0721. The van der Waals surface area contributed by atoms with Gasteiger partial charge in [-0.05, 0) is 85.4 Å². The van der Waals surface area contributed by atoms with Crippen molar-refractivity contribution in [2.24, 2.45) is 0 Å². The summed E-state index contributed by atoms with van der Waals surface area (Å²) < 4.78 is 57.6. The fourth-order valence-electron chi connectivity index (χ4n) is 5.97. The van der Waals surface area contributed by atoms with E-state index in [0.717, 1.165) is 46.3 Å². The van der Waals surface area contributed by atoms with Crippen molar-refractivity contribution >= 4 is 87.3 Å². The molecule has 1 N–H and O–H groups in total. The van der Waals surface area contributed by atoms with Crippen LogP contribution in [0, 0.1) is 0 Å². The molecule has 14 nitrogen and oxygen atoms in total. The van der Waals surface area contributed by atoms with E-state index in [1.807, 2.05) is 60.4 Å². The zero-order chi connectivity index (χ0) is 40.6. The second-order valence-corrected chi connectivity index (χ2v) is 21.1. The first-order chi connectivity index (χ1) is 27.3. The molecule has 2 aliphatic rings. The first-order valence-electron chi connectivity index (χ1n) is 17.4. The summed E-state index contributed by atoms with van der Waals surface area (Å²) in [7, 11) is -2.07. The lowest BCUT2D eigenvalue weighted by Crippen LogP contribution is -2.55. The summed E-state index contributed by atoms with van der Waals surface area (Å²) in [6.07, 6.45) is 0. The van der Waals surface area contributed by atoms with Gasteiger partial charge in [0.1, 0.15) is 19.8 Å². The molecule has 57 heavy (non-hydrogen) atoms. The zero-order valence-corrected chi connectivity index (χ0v) is 36.2. The number of aromatic nitrogens is 4. The van der Waals surface area contributed by atoms with Crippen LogP contribution in [0.15, 0.2) is 104 Å². The van der Waals surface area contributed by atoms with Gasteiger partial charge in [-0.25, -0.2) is 16.8 Å². The Balaban J connectivity index is 0.000000159. The lowest BCUT2D eigenvalue weighted by atomic mass is 10.1. The number of carbonyl (C=O) groups excluding carboxylic acids is 2. The Kier molecular flexibility index (Phi) is 14.3. The maximum Gasteiger partial charge on any atom is 0.270 e. The van der Waals surface area contributed by atoms with Crippen molar-refractivity contribution < 1.29 is 26.4 Å². The number of thiophene rings is 2. The number of amides is 2. The van der Waals surface area contributed by atoms with Gasteiger partial charge < -0.3 is 15.1 Å². The Morgan fingerprint density at radius 3 is 1.65 bits per heavy atom. The number of sulfonamides is 1. The molecule has 2 aromatic carbocycles. The first kappa shape index (κ1) is 42.6. The Morgan fingerprint density at radius 2 is 1.19 bits per heavy atom. The van der Waals surface area contributed by atoms with Crippen LogP contribution < -0.4 is 5.32 Å². The number of nitrogens with zero attached hydrogens (tertiary/aromatic N) is 7. The number of rotatable bonds is 7. The van der Waals surface area contributed by atoms with Crippen LogP contribution in [0.1, 0.15) is 34.6 Å². The Morgan fingerprint density at radius 1 is 0.684 bits per heavy atom. The van der Waals surface area contributed by atoms with Crippen LogP contribution in [0.25, 0.3) is 21.1 Å². The topological polar surface area (TPSA) is 176 Å². The largest absolute Gasteiger partial charge is 0.336 e. The quantitative estimate of drug-likeness (QED) is 0.183. The van der Waals surface area contributed by atoms with Crippen molar-refractivity contribution in [3.8, 4) is 21.1 Å². The van der Waals surface area contributed by atoms with Crippen LogP contribution in [-0.2, 0) is 19.1 Å². The maximum atomic E-state index is 13.1. The number of hydrogen-bond acceptors (Lipinski definition) is 15. The fourth-order valence-corrected chi connectivity index (χ4v) is 12.1. The number of benzene rings is 2. The maximum absolute atomic E-state index is 13.1. The molecule has 8 rings (SSSR count). The van der Waals surface area contributed by atoms with Crippen LogP contribution in [0.5, 0.6) is 0 Å². The third kappa shape index (κ3) is 10.9. The van der Waals surface area contributed by atoms with Crippen LogP contribution in [-0.4, -0.2) is 113 Å². The summed E-state index contributed by atoms with van der Waals surface area (Å²) in [4.78, 5) is 29.9. The molecule has 300 valence electrons. The minimum absolute atomic E-state index is 0.0704. The normalized spacial score (nSPS) is 17.5. The van der Waals surface area contributed by atoms with E-state index in [-0.39, 0.29) is 32.8 Å². The molecule has 0 aliphatic carbocycles. The molecular formula is C36H37ClN8O6S6. The smallest absolute Gasteiger partial charge is 0.270 e. The van der Waals surface area contributed by atoms with Gasteiger partial charge in [0.05, 0.1) is 9.75 Å². The summed E-state index contributed by atoms with van der Waals surface area (Å²) in [6.45, 7) is 7.43. The highest BCUT2D eigenvalue weighted by atomic mass is 35.7. The molecule has 6 heterocycles. The van der Waals surface area contributed by atoms with Gasteiger partial charge in [-0.1, -0.05) is 45.4 Å². The third-order valence-corrected chi connectivity index (χ3v) is 16.5. The Bertz CT molecular complexity index is 2450. The molecule has 0 saturated carbocycles. The van der Waals surface area contributed by atoms with Gasteiger partial charge in [-0.15, -0.1) is 32.9 Å². The number of piperazine rings is 2. The van der Waals surface area contributed by atoms with Crippen molar-refractivity contribution in [3.63, 3.8) is 0 Å². The SMILES string of the molecule is C[C@@H]1CN(C(=O)c2ccccc2)CCN1.C[C@@H]1CN(C(=O)c2ccccc2)CCN1S(=O)(=O)c1ccc(-c2csnn2)s1.O=S(=O)(Cl)c1ccc(-c2csnn2)s1. The van der Waals surface area contributed by atoms with Crippen LogP contribution >= 0.6 is 56.4 Å². The van der Waals surface area contributed by atoms with E-state index in [1.165, 1.54) is 44.8 Å². The van der Waals surface area contributed by atoms with Gasteiger partial charge in [0, 0.05) is 83.9 Å². The van der Waals surface area contributed by atoms with Crippen molar-refractivity contribution in [2.45, 2.75) is 34.3 Å². The molecule has 6 aromatic rings. The summed E-state index contributed by atoms with van der Waals surface area (Å²) in [5, 5.41) is 14.7. The highest BCUT2D eigenvalue weighted by molar-refractivity contribution is 8.15. The van der Waals surface area contributed by atoms with E-state index in [1.54, 1.807) is 46.0 Å². The molecule has 0 spiro atoms. The first-order valence-corrected chi connectivity index (χ1v) is 24.5. The van der Waals surface area contributed by atoms with E-state index in [4.69, 9.17) is 10.7 Å². The van der Waals surface area contributed by atoms with Crippen LogP contribution in [0.2, 0.25) is 0 Å². The van der Waals surface area contributed by atoms with E-state index >= 15 is 0 Å². The molecule has 0 unspecified atom stereocenters. The lowest BCUT2D eigenvalue weighted by Gasteiger charge is -2.38. The monoisotopic (exact) mass is 904 g/mol. The van der Waals surface area contributed by atoms with Crippen molar-refractivity contribution in [2.75, 3.05) is 39.3 Å². The highest BCUT2D eigenvalue weighted by Crippen LogP contribution is 2.33. The predicted octanol–water partition coefficient (Wildman–Crippen LogP) is 6.12. The molecule has 2 aliphatic heterocycles. The second-order valence-electron chi connectivity index (χ2n) is 12.8. The van der Waals surface area contributed by atoms with E-state index in [2.05, 4.69) is 31.4 Å². The van der Waals surface area contributed by atoms with Gasteiger partial charge in [0.15, 0.2) is 0 Å². The molecule has 2 amide bonds. The van der Waals surface area contributed by atoms with Crippen LogP contribution in [0.4, 0.5) is 0 Å². The van der Waals surface area contributed by atoms with Crippen LogP contribution in [0.3, 0.4) is 0 Å². The summed E-state index contributed by atoms with van der Waals surface area (Å²) >= 11 is 4.72. The zero-order valence-electron chi connectivity index (χ0n) is 30.5. The van der Waals surface area contributed by atoms with Crippen molar-refractivity contribution in [1.82, 2.24) is 38.6 Å². The minimum Gasteiger partial charge on any atom is -0.336 e. The van der Waals surface area contributed by atoms with Gasteiger partial charge >= 0.3 is 0 Å². The van der Waals surface area contributed by atoms with Crippen molar-refractivity contribution in [1.29, 1.82) is 0 Å². The fraction of sp³-hybridized carbons (Fsp3) is 0.278. The summed E-state index contributed by atoms with van der Waals surface area (Å²) in [5.41, 5.74) is 2.76. The molecule has 21 heteroatoms. The molecular weight excluding hydrogens is 868 g/mol. The number of carbonyl (C=O) groups is 2. The van der Waals surface area contributed by atoms with Gasteiger partial charge in [-0.2, -0.15) is 4.31 Å². The number of halogens is 1. The van der Waals surface area contributed by atoms with Gasteiger partial charge in [-0.3, -0.25) is 9.59 Å². The highest BCUT2D eigenvalue weighted by Gasteiger charge is 2.36. The predicted molar refractivity (Wildman–Crippen MR) is 225 cm³/mol. The molecule has 2 atom stereocenters. The van der Waals surface area contributed by atoms with Gasteiger partial charge in [0.2, 0.25) is 0 Å². The molecule has 0 radical (unpaired) electrons. The minimum atomic E-state index is -3.63. The van der Waals surface area contributed by atoms with E-state index < -0.39 is 19.1 Å². The molecule has 0 bridgehead atoms. The molecule has 2 saturated heterocycles. The number of nitrogens with one attached hydrogen (secondary N) is 1. The molecule has 2 fully saturated rings. The number of hydrogen-bond donors (Lipinski definition) is 1. The van der Waals surface area contributed by atoms with E-state index in [9.17, 15) is 26.4 Å². The Hall–Kier alpha value is -3.99. The standard InChI is InChI=1S/C18H18N4O3S3.C12H16N2O.C6H3ClN2O2S3/c1-13-11-21(18(23)14-5-3-2-4-6-14)9-10-22(13)28(24,25)17-8-7-16(27-17)15-12-26-20-19-15;1-10-9-14(8-7-13-10)12(15)11-5-3-2-4-6-11;7-14(10,11)6-2-1-5(13-6)4-3-12-9-8-4/h2-8,12-13H,9-11H2,1H3;2-6,10,13H,7-9H2,1H3;1-3H/t13-;10-;/m11./s1. The van der Waals surface area contributed by atoms with Crippen molar-refractivity contribution in [3.05, 3.63) is 107 Å². The van der Waals surface area contributed by atoms with Gasteiger partial charge in [0.25, 0.3) is 30.9 Å². The van der Waals surface area contributed by atoms with E-state index in [0.29, 0.717) is 36.1 Å². The average molecular weight is 906 g/mol. The third-order valence-electron chi connectivity index (χ3n) is 8.74. The average Bonchev–Trinajstić information content (AvgIpc) is 4.06.